The maximum atomic E-state index is 10.9. The van der Waals surface area contributed by atoms with Crippen molar-refractivity contribution in [2.75, 3.05) is 19.0 Å². The largest absolute Gasteiger partial charge is 0.491 e. The van der Waals surface area contributed by atoms with Gasteiger partial charge in [0.2, 0.25) is 0 Å². The van der Waals surface area contributed by atoms with Gasteiger partial charge in [-0.3, -0.25) is 0 Å². The average Bonchev–Trinajstić information content (AvgIpc) is 2.28. The lowest BCUT2D eigenvalue weighted by atomic mass is 10.1. The van der Waals surface area contributed by atoms with Gasteiger partial charge in [-0.2, -0.15) is 0 Å². The first-order valence-corrected chi connectivity index (χ1v) is 5.72. The second-order valence-corrected chi connectivity index (χ2v) is 4.30. The Labute approximate surface area is 102 Å². The van der Waals surface area contributed by atoms with Crippen LogP contribution in [0.4, 0.5) is 5.69 Å². The third kappa shape index (κ3) is 3.98. The minimum Gasteiger partial charge on any atom is -0.491 e. The lowest BCUT2D eigenvalue weighted by Crippen LogP contribution is -2.05. The van der Waals surface area contributed by atoms with Crippen LogP contribution in [-0.2, 0) is 0 Å². The highest BCUT2D eigenvalue weighted by molar-refractivity contribution is 5.89. The molecule has 0 heterocycles. The van der Waals surface area contributed by atoms with Crippen molar-refractivity contribution < 1.29 is 14.6 Å². The van der Waals surface area contributed by atoms with Crippen LogP contribution in [0.15, 0.2) is 18.2 Å². The van der Waals surface area contributed by atoms with E-state index >= 15 is 0 Å². The topological polar surface area (TPSA) is 58.6 Å². The Hall–Kier alpha value is -1.71. The molecule has 94 valence electrons. The number of aromatic carboxylic acids is 1. The predicted octanol–water partition coefficient (Wildman–Crippen LogP) is 2.85. The SMILES string of the molecule is CNc1ccc(C(=O)O)cc1OCCC(C)C. The van der Waals surface area contributed by atoms with Crippen LogP contribution in [-0.4, -0.2) is 24.7 Å². The van der Waals surface area contributed by atoms with E-state index in [1.807, 2.05) is 0 Å². The van der Waals surface area contributed by atoms with Gasteiger partial charge in [-0.25, -0.2) is 4.79 Å². The van der Waals surface area contributed by atoms with Crippen LogP contribution in [0.5, 0.6) is 5.75 Å². The van der Waals surface area contributed by atoms with Crippen molar-refractivity contribution in [2.24, 2.45) is 5.92 Å². The molecule has 1 aromatic carbocycles. The van der Waals surface area contributed by atoms with Crippen molar-refractivity contribution in [3.05, 3.63) is 23.8 Å². The molecule has 0 saturated carbocycles. The molecule has 4 heteroatoms. The van der Waals surface area contributed by atoms with E-state index in [4.69, 9.17) is 9.84 Å². The molecule has 0 aliphatic rings. The van der Waals surface area contributed by atoms with E-state index in [2.05, 4.69) is 19.2 Å². The van der Waals surface area contributed by atoms with Crippen LogP contribution < -0.4 is 10.1 Å². The van der Waals surface area contributed by atoms with E-state index in [9.17, 15) is 4.79 Å². The number of anilines is 1. The molecule has 4 nitrogen and oxygen atoms in total. The molecule has 0 aliphatic carbocycles. The van der Waals surface area contributed by atoms with Crippen LogP contribution in [0.25, 0.3) is 0 Å². The molecule has 0 unspecified atom stereocenters. The fraction of sp³-hybridized carbons (Fsp3) is 0.462. The molecule has 2 N–H and O–H groups in total. The summed E-state index contributed by atoms with van der Waals surface area (Å²) in [6.45, 7) is 4.83. The first-order chi connectivity index (χ1) is 8.04. The summed E-state index contributed by atoms with van der Waals surface area (Å²) in [5, 5.41) is 11.9. The number of nitrogens with one attached hydrogen (secondary N) is 1. The number of rotatable bonds is 6. The van der Waals surface area contributed by atoms with E-state index in [1.54, 1.807) is 25.2 Å². The number of ether oxygens (including phenoxy) is 1. The van der Waals surface area contributed by atoms with Crippen molar-refractivity contribution in [3.63, 3.8) is 0 Å². The van der Waals surface area contributed by atoms with E-state index in [1.165, 1.54) is 0 Å². The van der Waals surface area contributed by atoms with Gasteiger partial charge in [0.05, 0.1) is 17.9 Å². The monoisotopic (exact) mass is 237 g/mol. The Morgan fingerprint density at radius 1 is 1.47 bits per heavy atom. The third-order valence-corrected chi connectivity index (χ3v) is 2.45. The van der Waals surface area contributed by atoms with Gasteiger partial charge in [-0.05, 0) is 30.5 Å². The zero-order valence-electron chi connectivity index (χ0n) is 10.5. The summed E-state index contributed by atoms with van der Waals surface area (Å²) in [7, 11) is 1.78. The van der Waals surface area contributed by atoms with Crippen molar-refractivity contribution in [1.29, 1.82) is 0 Å². The quantitative estimate of drug-likeness (QED) is 0.798. The Bertz CT molecular complexity index is 388. The predicted molar refractivity (Wildman–Crippen MR) is 67.9 cm³/mol. The summed E-state index contributed by atoms with van der Waals surface area (Å²) in [4.78, 5) is 10.9. The molecule has 0 atom stereocenters. The summed E-state index contributed by atoms with van der Waals surface area (Å²) in [6, 6.07) is 4.83. The minimum atomic E-state index is -0.943. The Morgan fingerprint density at radius 2 is 2.18 bits per heavy atom. The van der Waals surface area contributed by atoms with Gasteiger partial charge in [-0.1, -0.05) is 13.8 Å². The van der Waals surface area contributed by atoms with Gasteiger partial charge in [-0.15, -0.1) is 0 Å². The minimum absolute atomic E-state index is 0.239. The zero-order chi connectivity index (χ0) is 12.8. The van der Waals surface area contributed by atoms with E-state index < -0.39 is 5.97 Å². The molecular weight excluding hydrogens is 218 g/mol. The normalized spacial score (nSPS) is 10.4. The number of carboxylic acids is 1. The molecule has 17 heavy (non-hydrogen) atoms. The number of hydrogen-bond acceptors (Lipinski definition) is 3. The smallest absolute Gasteiger partial charge is 0.335 e. The molecular formula is C13H19NO3. The molecule has 0 amide bonds. The van der Waals surface area contributed by atoms with E-state index in [0.29, 0.717) is 18.3 Å². The first kappa shape index (κ1) is 13.4. The Balaban J connectivity index is 2.79. The first-order valence-electron chi connectivity index (χ1n) is 5.72. The molecule has 1 aromatic rings. The summed E-state index contributed by atoms with van der Waals surface area (Å²) < 4.78 is 5.60. The van der Waals surface area contributed by atoms with E-state index in [-0.39, 0.29) is 5.56 Å². The average molecular weight is 237 g/mol. The lowest BCUT2D eigenvalue weighted by molar-refractivity contribution is 0.0696. The van der Waals surface area contributed by atoms with Crippen LogP contribution in [0, 0.1) is 5.92 Å². The molecule has 0 aromatic heterocycles. The highest BCUT2D eigenvalue weighted by atomic mass is 16.5. The van der Waals surface area contributed by atoms with Crippen LogP contribution >= 0.6 is 0 Å². The maximum absolute atomic E-state index is 10.9. The number of benzene rings is 1. The van der Waals surface area contributed by atoms with Crippen molar-refractivity contribution >= 4 is 11.7 Å². The van der Waals surface area contributed by atoms with Crippen LogP contribution in [0.3, 0.4) is 0 Å². The fourth-order valence-corrected chi connectivity index (χ4v) is 1.39. The Morgan fingerprint density at radius 3 is 2.71 bits per heavy atom. The fourth-order valence-electron chi connectivity index (χ4n) is 1.39. The van der Waals surface area contributed by atoms with Gasteiger partial charge in [0.25, 0.3) is 0 Å². The standard InChI is InChI=1S/C13H19NO3/c1-9(2)6-7-17-12-8-10(13(15)16)4-5-11(12)14-3/h4-5,8-9,14H,6-7H2,1-3H3,(H,15,16). The van der Waals surface area contributed by atoms with Gasteiger partial charge in [0.15, 0.2) is 0 Å². The Kier molecular flexibility index (Phi) is 4.82. The maximum Gasteiger partial charge on any atom is 0.335 e. The molecule has 0 aliphatic heterocycles. The second kappa shape index (κ2) is 6.13. The van der Waals surface area contributed by atoms with Gasteiger partial charge in [0.1, 0.15) is 5.75 Å². The number of carboxylic acid groups (broad SMARTS) is 1. The van der Waals surface area contributed by atoms with Gasteiger partial charge in [0, 0.05) is 7.05 Å². The zero-order valence-corrected chi connectivity index (χ0v) is 10.5. The van der Waals surface area contributed by atoms with Crippen molar-refractivity contribution in [3.8, 4) is 5.75 Å². The molecule has 0 fully saturated rings. The molecule has 0 spiro atoms. The summed E-state index contributed by atoms with van der Waals surface area (Å²) in [5.74, 6) is 0.213. The third-order valence-electron chi connectivity index (χ3n) is 2.45. The highest BCUT2D eigenvalue weighted by Crippen LogP contribution is 2.25. The summed E-state index contributed by atoms with van der Waals surface area (Å²) in [5.41, 5.74) is 1.04. The van der Waals surface area contributed by atoms with Crippen molar-refractivity contribution in [1.82, 2.24) is 0 Å². The molecule has 0 radical (unpaired) electrons. The summed E-state index contributed by atoms with van der Waals surface area (Å²) in [6.07, 6.45) is 0.945. The molecule has 1 rings (SSSR count). The van der Waals surface area contributed by atoms with Gasteiger partial charge >= 0.3 is 5.97 Å². The summed E-state index contributed by atoms with van der Waals surface area (Å²) >= 11 is 0. The van der Waals surface area contributed by atoms with Gasteiger partial charge < -0.3 is 15.2 Å². The van der Waals surface area contributed by atoms with Crippen LogP contribution in [0.2, 0.25) is 0 Å². The van der Waals surface area contributed by atoms with E-state index in [0.717, 1.165) is 12.1 Å². The lowest BCUT2D eigenvalue weighted by Gasteiger charge is -2.12. The highest BCUT2D eigenvalue weighted by Gasteiger charge is 2.08. The number of hydrogen-bond donors (Lipinski definition) is 2. The van der Waals surface area contributed by atoms with Crippen LogP contribution in [0.1, 0.15) is 30.6 Å². The van der Waals surface area contributed by atoms with Crippen molar-refractivity contribution in [2.45, 2.75) is 20.3 Å². The molecule has 0 bridgehead atoms. The molecule has 0 saturated heterocycles. The second-order valence-electron chi connectivity index (χ2n) is 4.30. The number of carbonyl (C=O) groups is 1.